The summed E-state index contributed by atoms with van der Waals surface area (Å²) < 4.78 is 0. The molecule has 0 aromatic rings. The highest BCUT2D eigenvalue weighted by Crippen LogP contribution is 2.33. The Morgan fingerprint density at radius 3 is 2.53 bits per heavy atom. The second-order valence-corrected chi connectivity index (χ2v) is 5.71. The van der Waals surface area contributed by atoms with E-state index >= 15 is 0 Å². The minimum Gasteiger partial charge on any atom is -0.342 e. The molecule has 0 aliphatic heterocycles. The molecule has 98 valence electrons. The van der Waals surface area contributed by atoms with E-state index in [1.807, 2.05) is 0 Å². The van der Waals surface area contributed by atoms with Crippen LogP contribution in [0.25, 0.3) is 0 Å². The zero-order valence-electron chi connectivity index (χ0n) is 11.0. The van der Waals surface area contributed by atoms with Gasteiger partial charge in [-0.25, -0.2) is 0 Å². The van der Waals surface area contributed by atoms with E-state index in [4.69, 9.17) is 5.73 Å². The molecule has 3 nitrogen and oxygen atoms in total. The summed E-state index contributed by atoms with van der Waals surface area (Å²) in [7, 11) is 0. The summed E-state index contributed by atoms with van der Waals surface area (Å²) in [4.78, 5) is 14.6. The Bertz CT molecular complexity index is 263. The van der Waals surface area contributed by atoms with Crippen molar-refractivity contribution in [1.29, 1.82) is 0 Å². The van der Waals surface area contributed by atoms with Crippen LogP contribution in [-0.2, 0) is 4.79 Å². The van der Waals surface area contributed by atoms with E-state index in [2.05, 4.69) is 11.8 Å². The van der Waals surface area contributed by atoms with Crippen molar-refractivity contribution in [3.05, 3.63) is 0 Å². The lowest BCUT2D eigenvalue weighted by Gasteiger charge is -2.34. The van der Waals surface area contributed by atoms with Gasteiger partial charge in [0.15, 0.2) is 0 Å². The van der Waals surface area contributed by atoms with Crippen LogP contribution < -0.4 is 5.73 Å². The Kier molecular flexibility index (Phi) is 4.43. The first-order chi connectivity index (χ1) is 8.26. The standard InChI is InChI=1S/C14H26N2O/c1-2-16(10-11-7-8-11)14(17)13-6-4-3-5-12(13)9-15/h11-13H,2-10,15H2,1H3. The average molecular weight is 238 g/mol. The fourth-order valence-electron chi connectivity index (χ4n) is 3.04. The van der Waals surface area contributed by atoms with Gasteiger partial charge >= 0.3 is 0 Å². The van der Waals surface area contributed by atoms with Crippen LogP contribution in [0.3, 0.4) is 0 Å². The number of hydrogen-bond acceptors (Lipinski definition) is 2. The fourth-order valence-corrected chi connectivity index (χ4v) is 3.04. The summed E-state index contributed by atoms with van der Waals surface area (Å²) >= 11 is 0. The van der Waals surface area contributed by atoms with Crippen LogP contribution in [0.2, 0.25) is 0 Å². The van der Waals surface area contributed by atoms with Gasteiger partial charge in [-0.2, -0.15) is 0 Å². The molecule has 0 aromatic heterocycles. The lowest BCUT2D eigenvalue weighted by molar-refractivity contribution is -0.138. The first-order valence-corrected chi connectivity index (χ1v) is 7.25. The molecular formula is C14H26N2O. The van der Waals surface area contributed by atoms with Gasteiger partial charge in [0, 0.05) is 19.0 Å². The van der Waals surface area contributed by atoms with E-state index < -0.39 is 0 Å². The molecule has 0 radical (unpaired) electrons. The van der Waals surface area contributed by atoms with Gasteiger partial charge in [-0.3, -0.25) is 4.79 Å². The summed E-state index contributed by atoms with van der Waals surface area (Å²) in [6, 6.07) is 0. The lowest BCUT2D eigenvalue weighted by Crippen LogP contribution is -2.43. The van der Waals surface area contributed by atoms with Gasteiger partial charge in [0.2, 0.25) is 5.91 Å². The van der Waals surface area contributed by atoms with E-state index in [0.717, 1.165) is 31.8 Å². The summed E-state index contributed by atoms with van der Waals surface area (Å²) in [5.74, 6) is 1.82. The average Bonchev–Trinajstić information content (AvgIpc) is 3.19. The molecule has 2 fully saturated rings. The normalized spacial score (nSPS) is 29.1. The quantitative estimate of drug-likeness (QED) is 0.796. The van der Waals surface area contributed by atoms with Crippen molar-refractivity contribution >= 4 is 5.91 Å². The molecule has 2 saturated carbocycles. The van der Waals surface area contributed by atoms with Gasteiger partial charge < -0.3 is 10.6 Å². The maximum atomic E-state index is 12.5. The highest BCUT2D eigenvalue weighted by atomic mass is 16.2. The SMILES string of the molecule is CCN(CC1CC1)C(=O)C1CCCCC1CN. The van der Waals surface area contributed by atoms with Crippen molar-refractivity contribution in [3.63, 3.8) is 0 Å². The lowest BCUT2D eigenvalue weighted by atomic mass is 9.78. The molecule has 2 atom stereocenters. The molecular weight excluding hydrogens is 212 g/mol. The fraction of sp³-hybridized carbons (Fsp3) is 0.929. The molecule has 2 unspecified atom stereocenters. The van der Waals surface area contributed by atoms with Crippen LogP contribution >= 0.6 is 0 Å². The zero-order valence-corrected chi connectivity index (χ0v) is 11.0. The third-order valence-corrected chi connectivity index (χ3v) is 4.40. The third-order valence-electron chi connectivity index (χ3n) is 4.40. The third kappa shape index (κ3) is 3.21. The number of carbonyl (C=O) groups excluding carboxylic acids is 1. The maximum Gasteiger partial charge on any atom is 0.226 e. The van der Waals surface area contributed by atoms with Gasteiger partial charge in [-0.05, 0) is 51.0 Å². The second-order valence-electron chi connectivity index (χ2n) is 5.71. The number of nitrogens with two attached hydrogens (primary N) is 1. The van der Waals surface area contributed by atoms with Gasteiger partial charge in [-0.15, -0.1) is 0 Å². The highest BCUT2D eigenvalue weighted by Gasteiger charge is 2.34. The van der Waals surface area contributed by atoms with Crippen molar-refractivity contribution in [2.24, 2.45) is 23.5 Å². The number of amides is 1. The Balaban J connectivity index is 1.94. The van der Waals surface area contributed by atoms with Crippen LogP contribution in [-0.4, -0.2) is 30.4 Å². The van der Waals surface area contributed by atoms with E-state index in [9.17, 15) is 4.79 Å². The van der Waals surface area contributed by atoms with Crippen molar-refractivity contribution < 1.29 is 4.79 Å². The van der Waals surface area contributed by atoms with Crippen LogP contribution in [0.5, 0.6) is 0 Å². The Morgan fingerprint density at radius 2 is 1.94 bits per heavy atom. The second kappa shape index (κ2) is 5.85. The molecule has 2 N–H and O–H groups in total. The molecule has 17 heavy (non-hydrogen) atoms. The van der Waals surface area contributed by atoms with Gasteiger partial charge in [0.25, 0.3) is 0 Å². The largest absolute Gasteiger partial charge is 0.342 e. The van der Waals surface area contributed by atoms with Crippen molar-refractivity contribution in [2.75, 3.05) is 19.6 Å². The number of rotatable bonds is 5. The minimum absolute atomic E-state index is 0.215. The molecule has 2 aliphatic rings. The van der Waals surface area contributed by atoms with Crippen LogP contribution in [0, 0.1) is 17.8 Å². The Hall–Kier alpha value is -0.570. The van der Waals surface area contributed by atoms with E-state index in [1.54, 1.807) is 0 Å². The zero-order chi connectivity index (χ0) is 12.3. The molecule has 0 bridgehead atoms. The van der Waals surface area contributed by atoms with Gasteiger partial charge in [-0.1, -0.05) is 12.8 Å². The van der Waals surface area contributed by atoms with Crippen LogP contribution in [0.1, 0.15) is 45.4 Å². The van der Waals surface area contributed by atoms with E-state index in [0.29, 0.717) is 18.4 Å². The molecule has 0 heterocycles. The summed E-state index contributed by atoms with van der Waals surface area (Å²) in [6.07, 6.45) is 7.29. The van der Waals surface area contributed by atoms with Crippen molar-refractivity contribution in [1.82, 2.24) is 4.90 Å². The molecule has 3 heteroatoms. The number of nitrogens with zero attached hydrogens (tertiary/aromatic N) is 1. The van der Waals surface area contributed by atoms with E-state index in [1.165, 1.54) is 25.7 Å². The molecule has 2 aliphatic carbocycles. The molecule has 1 amide bonds. The predicted octanol–water partition coefficient (Wildman–Crippen LogP) is 2.01. The monoisotopic (exact) mass is 238 g/mol. The number of hydrogen-bond donors (Lipinski definition) is 1. The Morgan fingerprint density at radius 1 is 1.24 bits per heavy atom. The first-order valence-electron chi connectivity index (χ1n) is 7.25. The van der Waals surface area contributed by atoms with Gasteiger partial charge in [0.05, 0.1) is 0 Å². The molecule has 0 aromatic carbocycles. The molecule has 0 spiro atoms. The number of carbonyl (C=O) groups is 1. The van der Waals surface area contributed by atoms with Crippen LogP contribution in [0.4, 0.5) is 0 Å². The topological polar surface area (TPSA) is 46.3 Å². The summed E-state index contributed by atoms with van der Waals surface area (Å²) in [5, 5.41) is 0. The Labute approximate surface area is 105 Å². The summed E-state index contributed by atoms with van der Waals surface area (Å²) in [6.45, 7) is 4.63. The molecule has 2 rings (SSSR count). The maximum absolute atomic E-state index is 12.5. The van der Waals surface area contributed by atoms with Crippen molar-refractivity contribution in [3.8, 4) is 0 Å². The van der Waals surface area contributed by atoms with Crippen LogP contribution in [0.15, 0.2) is 0 Å². The predicted molar refractivity (Wildman–Crippen MR) is 69.5 cm³/mol. The molecule has 0 saturated heterocycles. The smallest absolute Gasteiger partial charge is 0.226 e. The van der Waals surface area contributed by atoms with Gasteiger partial charge in [0.1, 0.15) is 0 Å². The van der Waals surface area contributed by atoms with Crippen molar-refractivity contribution in [2.45, 2.75) is 45.4 Å². The summed E-state index contributed by atoms with van der Waals surface area (Å²) in [5.41, 5.74) is 5.82. The first kappa shape index (κ1) is 12.9. The minimum atomic E-state index is 0.215. The van der Waals surface area contributed by atoms with E-state index in [-0.39, 0.29) is 5.92 Å². The highest BCUT2D eigenvalue weighted by molar-refractivity contribution is 5.79.